The molecule has 11 heteroatoms. The molecular formula is C22H16BrN5O4S. The summed E-state index contributed by atoms with van der Waals surface area (Å²) < 4.78 is 2.92. The molecule has 0 N–H and O–H groups in total. The van der Waals surface area contributed by atoms with Crippen molar-refractivity contribution in [2.75, 3.05) is 0 Å². The van der Waals surface area contributed by atoms with Gasteiger partial charge in [0.1, 0.15) is 0 Å². The molecule has 4 rings (SSSR count). The molecular weight excluding hydrogens is 510 g/mol. The first-order chi connectivity index (χ1) is 15.9. The first-order valence-corrected chi connectivity index (χ1v) is 11.5. The third-order valence-electron chi connectivity index (χ3n) is 4.73. The number of benzene rings is 3. The Balaban J connectivity index is 1.67. The minimum atomic E-state index is -0.634. The van der Waals surface area contributed by atoms with Gasteiger partial charge in [-0.05, 0) is 23.3 Å². The van der Waals surface area contributed by atoms with E-state index in [1.807, 2.05) is 59.2 Å². The van der Waals surface area contributed by atoms with E-state index in [1.54, 1.807) is 0 Å². The number of hydrogen-bond acceptors (Lipinski definition) is 7. The average Bonchev–Trinajstić information content (AvgIpc) is 3.20. The van der Waals surface area contributed by atoms with Crippen LogP contribution in [0.25, 0.3) is 11.4 Å². The van der Waals surface area contributed by atoms with Crippen LogP contribution in [0.2, 0.25) is 0 Å². The Bertz CT molecular complexity index is 1300. The second-order valence-electron chi connectivity index (χ2n) is 7.05. The minimum absolute atomic E-state index is 0.258. The van der Waals surface area contributed by atoms with Crippen LogP contribution in [-0.2, 0) is 12.3 Å². The van der Waals surface area contributed by atoms with Gasteiger partial charge in [-0.15, -0.1) is 10.2 Å². The quantitative estimate of drug-likeness (QED) is 0.160. The van der Waals surface area contributed by atoms with Crippen molar-refractivity contribution in [1.29, 1.82) is 0 Å². The van der Waals surface area contributed by atoms with E-state index in [0.29, 0.717) is 23.1 Å². The molecule has 3 aromatic carbocycles. The topological polar surface area (TPSA) is 117 Å². The molecule has 1 aromatic heterocycles. The lowest BCUT2D eigenvalue weighted by Crippen LogP contribution is -2.04. The summed E-state index contributed by atoms with van der Waals surface area (Å²) in [5.41, 5.74) is 1.76. The molecule has 33 heavy (non-hydrogen) atoms. The summed E-state index contributed by atoms with van der Waals surface area (Å²) >= 11 is 4.80. The van der Waals surface area contributed by atoms with Crippen molar-refractivity contribution in [2.45, 2.75) is 17.5 Å². The predicted molar refractivity (Wildman–Crippen MR) is 128 cm³/mol. The lowest BCUT2D eigenvalue weighted by atomic mass is 10.2. The van der Waals surface area contributed by atoms with Crippen molar-refractivity contribution in [2.24, 2.45) is 0 Å². The lowest BCUT2D eigenvalue weighted by molar-refractivity contribution is -0.394. The van der Waals surface area contributed by atoms with E-state index in [1.165, 1.54) is 23.9 Å². The highest BCUT2D eigenvalue weighted by Gasteiger charge is 2.19. The fourth-order valence-corrected chi connectivity index (χ4v) is 4.57. The number of nitrogens with zero attached hydrogens (tertiary/aromatic N) is 5. The maximum absolute atomic E-state index is 11.2. The molecule has 0 aliphatic carbocycles. The van der Waals surface area contributed by atoms with Gasteiger partial charge in [0.05, 0.1) is 22.5 Å². The number of non-ortho nitro benzene ring substituents is 2. The zero-order valence-corrected chi connectivity index (χ0v) is 19.4. The zero-order chi connectivity index (χ0) is 23.4. The van der Waals surface area contributed by atoms with Gasteiger partial charge in [-0.25, -0.2) is 0 Å². The normalized spacial score (nSPS) is 10.8. The Hall–Kier alpha value is -3.57. The van der Waals surface area contributed by atoms with Crippen LogP contribution < -0.4 is 0 Å². The van der Waals surface area contributed by atoms with Crippen LogP contribution in [0.1, 0.15) is 11.1 Å². The molecule has 0 amide bonds. The fourth-order valence-electron chi connectivity index (χ4n) is 3.26. The van der Waals surface area contributed by atoms with E-state index in [-0.39, 0.29) is 17.1 Å². The Morgan fingerprint density at radius 2 is 1.55 bits per heavy atom. The van der Waals surface area contributed by atoms with Crippen molar-refractivity contribution in [3.8, 4) is 11.4 Å². The Morgan fingerprint density at radius 3 is 2.18 bits per heavy atom. The van der Waals surface area contributed by atoms with Crippen molar-refractivity contribution in [3.63, 3.8) is 0 Å². The third-order valence-corrected chi connectivity index (χ3v) is 6.26. The van der Waals surface area contributed by atoms with Crippen molar-refractivity contribution in [3.05, 3.63) is 109 Å². The minimum Gasteiger partial charge on any atom is -0.298 e. The molecule has 0 unspecified atom stereocenters. The Morgan fingerprint density at radius 1 is 0.848 bits per heavy atom. The number of nitro benzene ring substituents is 2. The van der Waals surface area contributed by atoms with Crippen LogP contribution in [-0.4, -0.2) is 24.6 Å². The zero-order valence-electron chi connectivity index (χ0n) is 17.0. The molecule has 0 bridgehead atoms. The molecule has 4 aromatic rings. The van der Waals surface area contributed by atoms with Gasteiger partial charge in [-0.2, -0.15) is 0 Å². The van der Waals surface area contributed by atoms with Gasteiger partial charge < -0.3 is 0 Å². The van der Waals surface area contributed by atoms with Gasteiger partial charge in [0.15, 0.2) is 11.0 Å². The highest BCUT2D eigenvalue weighted by molar-refractivity contribution is 9.10. The van der Waals surface area contributed by atoms with Crippen molar-refractivity contribution in [1.82, 2.24) is 14.8 Å². The van der Waals surface area contributed by atoms with Crippen LogP contribution >= 0.6 is 27.7 Å². The largest absolute Gasteiger partial charge is 0.298 e. The van der Waals surface area contributed by atoms with E-state index < -0.39 is 9.85 Å². The smallest absolute Gasteiger partial charge is 0.276 e. The van der Waals surface area contributed by atoms with E-state index in [4.69, 9.17) is 0 Å². The van der Waals surface area contributed by atoms with Crippen LogP contribution in [0.5, 0.6) is 0 Å². The number of hydrogen-bond donors (Lipinski definition) is 0. The molecule has 0 aliphatic rings. The summed E-state index contributed by atoms with van der Waals surface area (Å²) in [6.45, 7) is 0.508. The van der Waals surface area contributed by atoms with Gasteiger partial charge in [0, 0.05) is 27.9 Å². The Kier molecular flexibility index (Phi) is 6.80. The summed E-state index contributed by atoms with van der Waals surface area (Å²) in [5.74, 6) is 0.941. The first-order valence-electron chi connectivity index (χ1n) is 9.69. The molecule has 0 radical (unpaired) electrons. The summed E-state index contributed by atoms with van der Waals surface area (Å²) in [5, 5.41) is 31.7. The molecule has 9 nitrogen and oxygen atoms in total. The summed E-state index contributed by atoms with van der Waals surface area (Å²) in [4.78, 5) is 21.1. The van der Waals surface area contributed by atoms with Gasteiger partial charge in [0.2, 0.25) is 0 Å². The maximum Gasteiger partial charge on any atom is 0.276 e. The highest BCUT2D eigenvalue weighted by atomic mass is 79.9. The highest BCUT2D eigenvalue weighted by Crippen LogP contribution is 2.30. The van der Waals surface area contributed by atoms with Gasteiger partial charge in [-0.3, -0.25) is 24.8 Å². The van der Waals surface area contributed by atoms with Crippen LogP contribution in [0, 0.1) is 20.2 Å². The SMILES string of the molecule is O=[N+]([O-])c1cc(CSc2nnc(-c3ccccc3)n2Cc2cccc(Br)c2)cc([N+](=O)[O-])c1. The number of aromatic nitrogens is 3. The van der Waals surface area contributed by atoms with Crippen LogP contribution in [0.15, 0.2) is 82.4 Å². The predicted octanol–water partition coefficient (Wildman–Crippen LogP) is 5.86. The number of thioether (sulfide) groups is 1. The summed E-state index contributed by atoms with van der Waals surface area (Å²) in [7, 11) is 0. The first kappa shape index (κ1) is 22.6. The number of nitro groups is 2. The van der Waals surface area contributed by atoms with Crippen molar-refractivity contribution < 1.29 is 9.85 Å². The number of rotatable bonds is 8. The van der Waals surface area contributed by atoms with E-state index in [9.17, 15) is 20.2 Å². The molecule has 1 heterocycles. The van der Waals surface area contributed by atoms with Gasteiger partial charge in [-0.1, -0.05) is 70.2 Å². The monoisotopic (exact) mass is 525 g/mol. The molecule has 0 saturated carbocycles. The molecule has 0 spiro atoms. The van der Waals surface area contributed by atoms with Gasteiger partial charge >= 0.3 is 0 Å². The summed E-state index contributed by atoms with van der Waals surface area (Å²) in [6.07, 6.45) is 0. The average molecular weight is 526 g/mol. The number of halogens is 1. The second-order valence-corrected chi connectivity index (χ2v) is 8.91. The molecule has 0 aliphatic heterocycles. The lowest BCUT2D eigenvalue weighted by Gasteiger charge is -2.11. The molecule has 0 saturated heterocycles. The van der Waals surface area contributed by atoms with Gasteiger partial charge in [0.25, 0.3) is 11.4 Å². The van der Waals surface area contributed by atoms with Crippen LogP contribution in [0.3, 0.4) is 0 Å². The standard InChI is InChI=1S/C22H16BrN5O4S/c23-18-8-4-5-15(9-18)13-26-21(17-6-2-1-3-7-17)24-25-22(26)33-14-16-10-19(27(29)30)12-20(11-16)28(31)32/h1-12H,13-14H2. The third kappa shape index (κ3) is 5.44. The fraction of sp³-hybridized carbons (Fsp3) is 0.0909. The van der Waals surface area contributed by atoms with Crippen molar-refractivity contribution >= 4 is 39.1 Å². The molecule has 166 valence electrons. The van der Waals surface area contributed by atoms with E-state index in [0.717, 1.165) is 21.7 Å². The second kappa shape index (κ2) is 9.92. The maximum atomic E-state index is 11.2. The Labute approximate surface area is 200 Å². The molecule has 0 atom stereocenters. The van der Waals surface area contributed by atoms with E-state index in [2.05, 4.69) is 26.1 Å². The van der Waals surface area contributed by atoms with Crippen LogP contribution in [0.4, 0.5) is 11.4 Å². The summed E-state index contributed by atoms with van der Waals surface area (Å²) in [6, 6.07) is 21.2. The molecule has 0 fully saturated rings. The van der Waals surface area contributed by atoms with E-state index >= 15 is 0 Å².